The van der Waals surface area contributed by atoms with E-state index >= 15 is 0 Å². The van der Waals surface area contributed by atoms with Crippen molar-refractivity contribution in [3.05, 3.63) is 45.5 Å². The fraction of sp³-hybridized carbons (Fsp3) is 0.316. The molecule has 0 aromatic heterocycles. The van der Waals surface area contributed by atoms with Crippen LogP contribution in [0, 0.1) is 10.1 Å². The molecular weight excluding hydrogens is 378 g/mol. The first-order valence-corrected chi connectivity index (χ1v) is 9.05. The molecule has 29 heavy (non-hydrogen) atoms. The summed E-state index contributed by atoms with van der Waals surface area (Å²) in [7, 11) is 3.62. The first kappa shape index (κ1) is 20.2. The van der Waals surface area contributed by atoms with E-state index < -0.39 is 22.8 Å². The molecule has 10 nitrogen and oxygen atoms in total. The second-order valence-corrected chi connectivity index (χ2v) is 6.92. The van der Waals surface area contributed by atoms with E-state index in [1.165, 1.54) is 24.3 Å². The average molecular weight is 399 g/mol. The van der Waals surface area contributed by atoms with Gasteiger partial charge in [-0.15, -0.1) is 0 Å². The molecule has 10 heteroatoms. The summed E-state index contributed by atoms with van der Waals surface area (Å²) in [5.41, 5.74) is 0.369. The van der Waals surface area contributed by atoms with Crippen molar-refractivity contribution in [2.45, 2.75) is 6.92 Å². The molecule has 0 atom stereocenters. The van der Waals surface area contributed by atoms with Crippen LogP contribution in [-0.2, 0) is 0 Å². The third-order valence-corrected chi connectivity index (χ3v) is 4.56. The Labute approximate surface area is 166 Å². The van der Waals surface area contributed by atoms with Gasteiger partial charge in [0.2, 0.25) is 0 Å². The van der Waals surface area contributed by atoms with Gasteiger partial charge >= 0.3 is 6.03 Å². The Bertz CT molecular complexity index is 1030. The zero-order chi connectivity index (χ0) is 21.3. The number of non-ortho nitro benzene ring substituents is 1. The minimum atomic E-state index is -0.590. The summed E-state index contributed by atoms with van der Waals surface area (Å²) in [5.74, 6) is -1.06. The Morgan fingerprint density at radius 1 is 1.14 bits per heavy atom. The summed E-state index contributed by atoms with van der Waals surface area (Å²) < 4.78 is 0. The molecule has 0 saturated carbocycles. The number of benzene rings is 2. The molecule has 1 heterocycles. The lowest BCUT2D eigenvalue weighted by Crippen LogP contribution is -2.43. The van der Waals surface area contributed by atoms with E-state index in [1.807, 2.05) is 19.0 Å². The summed E-state index contributed by atoms with van der Waals surface area (Å²) in [6, 6.07) is 5.03. The molecule has 2 aromatic carbocycles. The van der Waals surface area contributed by atoms with E-state index in [0.29, 0.717) is 29.5 Å². The number of nitrogens with zero attached hydrogens (tertiary/aromatic N) is 3. The maximum Gasteiger partial charge on any atom is 0.319 e. The summed E-state index contributed by atoms with van der Waals surface area (Å²) in [6.07, 6.45) is 0. The largest absolute Gasteiger partial charge is 0.338 e. The Kier molecular flexibility index (Phi) is 5.46. The third-order valence-electron chi connectivity index (χ3n) is 4.56. The second kappa shape index (κ2) is 7.84. The molecule has 2 N–H and O–H groups in total. The number of imide groups is 1. The summed E-state index contributed by atoms with van der Waals surface area (Å²) in [5, 5.41) is 17.2. The van der Waals surface area contributed by atoms with Crippen molar-refractivity contribution < 1.29 is 19.3 Å². The Morgan fingerprint density at radius 3 is 2.38 bits per heavy atom. The number of hydrogen-bond acceptors (Lipinski definition) is 6. The van der Waals surface area contributed by atoms with Crippen molar-refractivity contribution in [3.63, 3.8) is 0 Å². The van der Waals surface area contributed by atoms with Gasteiger partial charge in [0.1, 0.15) is 0 Å². The van der Waals surface area contributed by atoms with Gasteiger partial charge in [-0.1, -0.05) is 0 Å². The van der Waals surface area contributed by atoms with Crippen molar-refractivity contribution in [1.29, 1.82) is 0 Å². The van der Waals surface area contributed by atoms with Gasteiger partial charge in [0.05, 0.1) is 16.1 Å². The number of carbonyl (C=O) groups is 3. The molecule has 0 radical (unpaired) electrons. The number of urea groups is 1. The van der Waals surface area contributed by atoms with Crippen molar-refractivity contribution in [2.24, 2.45) is 0 Å². The van der Waals surface area contributed by atoms with Crippen molar-refractivity contribution >= 4 is 40.0 Å². The molecule has 2 aromatic rings. The topological polar surface area (TPSA) is 125 Å². The van der Waals surface area contributed by atoms with Gasteiger partial charge in [0.15, 0.2) is 0 Å². The highest BCUT2D eigenvalue weighted by molar-refractivity contribution is 6.26. The molecule has 0 fully saturated rings. The van der Waals surface area contributed by atoms with Crippen LogP contribution in [0.15, 0.2) is 24.3 Å². The number of nitro groups is 1. The summed E-state index contributed by atoms with van der Waals surface area (Å²) in [4.78, 5) is 51.5. The fourth-order valence-electron chi connectivity index (χ4n) is 3.24. The highest BCUT2D eigenvalue weighted by Gasteiger charge is 2.34. The second-order valence-electron chi connectivity index (χ2n) is 6.92. The van der Waals surface area contributed by atoms with Crippen molar-refractivity contribution in [1.82, 2.24) is 15.1 Å². The molecule has 1 aliphatic rings. The van der Waals surface area contributed by atoms with Crippen molar-refractivity contribution in [3.8, 4) is 0 Å². The van der Waals surface area contributed by atoms with E-state index in [2.05, 4.69) is 10.6 Å². The van der Waals surface area contributed by atoms with Crippen LogP contribution < -0.4 is 10.6 Å². The number of likely N-dealkylation sites (N-methyl/N-ethyl adjacent to an activating group) is 1. The molecule has 4 amide bonds. The SMILES string of the molecule is CCNC(=O)Nc1cc2c3c(cc([N+](=O)[O-])cc3c1)C(=O)N(CCN(C)C)C2=O. The normalized spacial score (nSPS) is 13.2. The van der Waals surface area contributed by atoms with Gasteiger partial charge in [0.25, 0.3) is 17.5 Å². The number of nitro benzene ring substituents is 1. The number of anilines is 1. The molecule has 3 rings (SSSR count). The van der Waals surface area contributed by atoms with E-state index in [9.17, 15) is 24.5 Å². The fourth-order valence-corrected chi connectivity index (χ4v) is 3.24. The van der Waals surface area contributed by atoms with E-state index in [1.54, 1.807) is 6.92 Å². The standard InChI is InChI=1S/C19H21N5O5/c1-4-20-19(27)21-12-7-11-8-13(24(28)29)10-15-16(11)14(9-12)17(25)23(18(15)26)6-5-22(2)3/h7-10H,4-6H2,1-3H3,(H2,20,21,27). The van der Waals surface area contributed by atoms with Crippen LogP contribution in [-0.4, -0.2) is 66.3 Å². The Hall–Kier alpha value is -3.53. The maximum atomic E-state index is 13.0. The van der Waals surface area contributed by atoms with Crippen molar-refractivity contribution in [2.75, 3.05) is 39.0 Å². The molecule has 0 unspecified atom stereocenters. The number of nitrogens with one attached hydrogen (secondary N) is 2. The lowest BCUT2D eigenvalue weighted by atomic mass is 9.92. The van der Waals surface area contributed by atoms with E-state index in [-0.39, 0.29) is 23.4 Å². The lowest BCUT2D eigenvalue weighted by Gasteiger charge is -2.28. The lowest BCUT2D eigenvalue weighted by molar-refractivity contribution is -0.384. The number of carbonyl (C=O) groups excluding carboxylic acids is 3. The van der Waals surface area contributed by atoms with Crippen LogP contribution in [0.1, 0.15) is 27.6 Å². The van der Waals surface area contributed by atoms with Crippen LogP contribution >= 0.6 is 0 Å². The van der Waals surface area contributed by atoms with Gasteiger partial charge in [-0.2, -0.15) is 0 Å². The highest BCUT2D eigenvalue weighted by atomic mass is 16.6. The first-order valence-electron chi connectivity index (χ1n) is 9.05. The maximum absolute atomic E-state index is 13.0. The van der Waals surface area contributed by atoms with Crippen LogP contribution in [0.3, 0.4) is 0 Å². The highest BCUT2D eigenvalue weighted by Crippen LogP contribution is 2.35. The molecule has 0 aliphatic carbocycles. The summed E-state index contributed by atoms with van der Waals surface area (Å²) >= 11 is 0. The van der Waals surface area contributed by atoms with Gasteiger partial charge < -0.3 is 15.5 Å². The smallest absolute Gasteiger partial charge is 0.319 e. The van der Waals surface area contributed by atoms with E-state index in [0.717, 1.165) is 4.90 Å². The minimum absolute atomic E-state index is 0.104. The number of amides is 4. The predicted molar refractivity (Wildman–Crippen MR) is 107 cm³/mol. The Morgan fingerprint density at radius 2 is 1.79 bits per heavy atom. The molecule has 0 saturated heterocycles. The minimum Gasteiger partial charge on any atom is -0.338 e. The Balaban J connectivity index is 2.18. The number of hydrogen-bond donors (Lipinski definition) is 2. The predicted octanol–water partition coefficient (Wildman–Crippen LogP) is 2.05. The molecular formula is C19H21N5O5. The molecule has 0 spiro atoms. The van der Waals surface area contributed by atoms with E-state index in [4.69, 9.17) is 0 Å². The third kappa shape index (κ3) is 3.87. The van der Waals surface area contributed by atoms with Crippen LogP contribution in [0.2, 0.25) is 0 Å². The molecule has 1 aliphatic heterocycles. The zero-order valence-corrected chi connectivity index (χ0v) is 16.3. The van der Waals surface area contributed by atoms with Crippen LogP contribution in [0.4, 0.5) is 16.2 Å². The van der Waals surface area contributed by atoms with Gasteiger partial charge in [0, 0.05) is 42.8 Å². The molecule has 0 bridgehead atoms. The summed E-state index contributed by atoms with van der Waals surface area (Å²) in [6.45, 7) is 2.76. The first-order chi connectivity index (χ1) is 13.7. The van der Waals surface area contributed by atoms with Gasteiger partial charge in [-0.05, 0) is 38.5 Å². The van der Waals surface area contributed by atoms with Gasteiger partial charge in [-0.3, -0.25) is 24.6 Å². The number of rotatable bonds is 6. The molecule has 152 valence electrons. The quantitative estimate of drug-likeness (QED) is 0.435. The average Bonchev–Trinajstić information content (AvgIpc) is 2.65. The zero-order valence-electron chi connectivity index (χ0n) is 16.3. The van der Waals surface area contributed by atoms with Crippen LogP contribution in [0.5, 0.6) is 0 Å². The van der Waals surface area contributed by atoms with Gasteiger partial charge in [-0.25, -0.2) is 4.79 Å². The monoisotopic (exact) mass is 399 g/mol. The van der Waals surface area contributed by atoms with Crippen LogP contribution in [0.25, 0.3) is 10.8 Å².